The molecule has 0 saturated carbocycles. The van der Waals surface area contributed by atoms with Crippen molar-refractivity contribution in [3.8, 4) is 5.75 Å². The molecule has 1 unspecified atom stereocenters. The van der Waals surface area contributed by atoms with Crippen LogP contribution in [0.4, 0.5) is 0 Å². The predicted molar refractivity (Wildman–Crippen MR) is 83.1 cm³/mol. The number of ether oxygens (including phenoxy) is 2. The molecule has 1 aliphatic rings. The molecule has 1 atom stereocenters. The van der Waals surface area contributed by atoms with Crippen molar-refractivity contribution in [3.05, 3.63) is 53.9 Å². The van der Waals surface area contributed by atoms with Crippen LogP contribution in [0.3, 0.4) is 0 Å². The molecule has 2 heterocycles. The highest BCUT2D eigenvalue weighted by molar-refractivity contribution is 5.92. The minimum atomic E-state index is 0.0137. The average molecular weight is 300 g/mol. The van der Waals surface area contributed by atoms with Crippen molar-refractivity contribution in [2.75, 3.05) is 26.8 Å². The van der Waals surface area contributed by atoms with Crippen molar-refractivity contribution in [2.45, 2.75) is 12.5 Å². The highest BCUT2D eigenvalue weighted by Gasteiger charge is 2.25. The zero-order chi connectivity index (χ0) is 15.4. The van der Waals surface area contributed by atoms with Gasteiger partial charge in [0, 0.05) is 25.7 Å². The van der Waals surface area contributed by atoms with Gasteiger partial charge in [-0.3, -0.25) is 4.79 Å². The number of aromatic amines is 1. The van der Waals surface area contributed by atoms with Crippen LogP contribution in [0, 0.1) is 0 Å². The maximum atomic E-state index is 12.4. The minimum Gasteiger partial charge on any atom is -0.497 e. The Morgan fingerprint density at radius 3 is 3.09 bits per heavy atom. The Labute approximate surface area is 129 Å². The smallest absolute Gasteiger partial charge is 0.270 e. The Kier molecular flexibility index (Phi) is 4.44. The lowest BCUT2D eigenvalue weighted by Gasteiger charge is -2.33. The molecule has 1 aromatic carbocycles. The van der Waals surface area contributed by atoms with Gasteiger partial charge in [0.15, 0.2) is 0 Å². The molecule has 1 fully saturated rings. The van der Waals surface area contributed by atoms with Crippen LogP contribution in [0.1, 0.15) is 16.1 Å². The number of hydrogen-bond donors (Lipinski definition) is 1. The normalized spacial score (nSPS) is 18.2. The lowest BCUT2D eigenvalue weighted by Crippen LogP contribution is -2.46. The van der Waals surface area contributed by atoms with Crippen molar-refractivity contribution in [2.24, 2.45) is 0 Å². The third-order valence-corrected chi connectivity index (χ3v) is 3.85. The predicted octanol–water partition coefficient (Wildman–Crippen LogP) is 2.11. The summed E-state index contributed by atoms with van der Waals surface area (Å²) in [5.41, 5.74) is 1.78. The van der Waals surface area contributed by atoms with Gasteiger partial charge in [-0.05, 0) is 29.8 Å². The van der Waals surface area contributed by atoms with E-state index in [9.17, 15) is 4.79 Å². The summed E-state index contributed by atoms with van der Waals surface area (Å²) in [5, 5.41) is 0. The van der Waals surface area contributed by atoms with Gasteiger partial charge >= 0.3 is 0 Å². The second-order valence-electron chi connectivity index (χ2n) is 5.38. The number of nitrogens with zero attached hydrogens (tertiary/aromatic N) is 1. The van der Waals surface area contributed by atoms with Gasteiger partial charge in [0.05, 0.1) is 19.8 Å². The molecule has 1 aromatic heterocycles. The monoisotopic (exact) mass is 300 g/mol. The molecule has 3 rings (SSSR count). The largest absolute Gasteiger partial charge is 0.497 e. The Bertz CT molecular complexity index is 625. The van der Waals surface area contributed by atoms with E-state index in [1.165, 1.54) is 0 Å². The molecule has 5 nitrogen and oxygen atoms in total. The van der Waals surface area contributed by atoms with E-state index < -0.39 is 0 Å². The topological polar surface area (TPSA) is 54.6 Å². The summed E-state index contributed by atoms with van der Waals surface area (Å²) in [6.07, 6.45) is 2.55. The Balaban J connectivity index is 1.64. The van der Waals surface area contributed by atoms with Gasteiger partial charge in [-0.2, -0.15) is 0 Å². The number of H-pyrrole nitrogens is 1. The first kappa shape index (κ1) is 14.7. The third-order valence-electron chi connectivity index (χ3n) is 3.85. The second-order valence-corrected chi connectivity index (χ2v) is 5.38. The molecule has 1 saturated heterocycles. The minimum absolute atomic E-state index is 0.0137. The first-order valence-electron chi connectivity index (χ1n) is 7.43. The summed E-state index contributed by atoms with van der Waals surface area (Å²) in [6, 6.07) is 11.6. The maximum absolute atomic E-state index is 12.4. The van der Waals surface area contributed by atoms with Crippen LogP contribution in [0.15, 0.2) is 42.6 Å². The van der Waals surface area contributed by atoms with Crippen LogP contribution < -0.4 is 4.74 Å². The van der Waals surface area contributed by atoms with Crippen LogP contribution in [0.5, 0.6) is 5.75 Å². The highest BCUT2D eigenvalue weighted by atomic mass is 16.5. The summed E-state index contributed by atoms with van der Waals surface area (Å²) < 4.78 is 11.1. The van der Waals surface area contributed by atoms with Gasteiger partial charge in [0.1, 0.15) is 11.4 Å². The van der Waals surface area contributed by atoms with E-state index in [1.54, 1.807) is 19.4 Å². The molecule has 5 heteroatoms. The Hall–Kier alpha value is -2.27. The summed E-state index contributed by atoms with van der Waals surface area (Å²) in [7, 11) is 1.66. The van der Waals surface area contributed by atoms with Crippen molar-refractivity contribution in [3.63, 3.8) is 0 Å². The van der Waals surface area contributed by atoms with Crippen molar-refractivity contribution < 1.29 is 14.3 Å². The number of morpholine rings is 1. The first-order valence-corrected chi connectivity index (χ1v) is 7.43. The number of aromatic nitrogens is 1. The highest BCUT2D eigenvalue weighted by Crippen LogP contribution is 2.17. The van der Waals surface area contributed by atoms with Gasteiger partial charge in [0.25, 0.3) is 5.91 Å². The van der Waals surface area contributed by atoms with Crippen molar-refractivity contribution in [1.82, 2.24) is 9.88 Å². The summed E-state index contributed by atoms with van der Waals surface area (Å²) >= 11 is 0. The quantitative estimate of drug-likeness (QED) is 0.941. The van der Waals surface area contributed by atoms with Crippen molar-refractivity contribution in [1.29, 1.82) is 0 Å². The molecular formula is C17H20N2O3. The summed E-state index contributed by atoms with van der Waals surface area (Å²) in [4.78, 5) is 17.2. The molecule has 0 bridgehead atoms. The molecule has 0 radical (unpaired) electrons. The molecule has 0 aliphatic carbocycles. The molecule has 1 amide bonds. The van der Waals surface area contributed by atoms with E-state index in [1.807, 2.05) is 29.2 Å². The van der Waals surface area contributed by atoms with Crippen molar-refractivity contribution >= 4 is 5.91 Å². The molecule has 0 spiro atoms. The molecule has 2 aromatic rings. The van der Waals surface area contributed by atoms with Gasteiger partial charge < -0.3 is 19.4 Å². The molecule has 22 heavy (non-hydrogen) atoms. The van der Waals surface area contributed by atoms with Gasteiger partial charge in [-0.1, -0.05) is 12.1 Å². The van der Waals surface area contributed by atoms with E-state index in [2.05, 4.69) is 11.1 Å². The molecular weight excluding hydrogens is 280 g/mol. The number of carbonyl (C=O) groups excluding carboxylic acids is 1. The second kappa shape index (κ2) is 6.66. The van der Waals surface area contributed by atoms with E-state index >= 15 is 0 Å². The fraction of sp³-hybridized carbons (Fsp3) is 0.353. The van der Waals surface area contributed by atoms with Crippen LogP contribution in [-0.4, -0.2) is 48.7 Å². The number of amides is 1. The number of methoxy groups -OCH3 is 1. The number of rotatable bonds is 4. The average Bonchev–Trinajstić information content (AvgIpc) is 3.09. The summed E-state index contributed by atoms with van der Waals surface area (Å²) in [6.45, 7) is 1.81. The number of benzene rings is 1. The van der Waals surface area contributed by atoms with Crippen LogP contribution in [0.25, 0.3) is 0 Å². The third kappa shape index (κ3) is 3.31. The van der Waals surface area contributed by atoms with Crippen LogP contribution in [0.2, 0.25) is 0 Å². The number of carbonyl (C=O) groups is 1. The van der Waals surface area contributed by atoms with Crippen LogP contribution in [-0.2, 0) is 11.2 Å². The van der Waals surface area contributed by atoms with Gasteiger partial charge in [-0.25, -0.2) is 0 Å². The fourth-order valence-corrected chi connectivity index (χ4v) is 2.72. The lowest BCUT2D eigenvalue weighted by atomic mass is 10.1. The standard InChI is InChI=1S/C17H20N2O3/c1-21-14-5-2-4-13(10-14)11-15-12-19(8-9-22-15)17(20)16-6-3-7-18-16/h2-7,10,15,18H,8-9,11-12H2,1H3. The number of hydrogen-bond acceptors (Lipinski definition) is 3. The first-order chi connectivity index (χ1) is 10.8. The fourth-order valence-electron chi connectivity index (χ4n) is 2.72. The lowest BCUT2D eigenvalue weighted by molar-refractivity contribution is -0.0210. The zero-order valence-corrected chi connectivity index (χ0v) is 12.6. The number of nitrogens with one attached hydrogen (secondary N) is 1. The maximum Gasteiger partial charge on any atom is 0.270 e. The van der Waals surface area contributed by atoms with Gasteiger partial charge in [-0.15, -0.1) is 0 Å². The molecule has 116 valence electrons. The van der Waals surface area contributed by atoms with Gasteiger partial charge in [0.2, 0.25) is 0 Å². The Morgan fingerprint density at radius 2 is 2.32 bits per heavy atom. The van der Waals surface area contributed by atoms with E-state index in [-0.39, 0.29) is 12.0 Å². The molecule has 1 N–H and O–H groups in total. The summed E-state index contributed by atoms with van der Waals surface area (Å²) in [5.74, 6) is 0.872. The Morgan fingerprint density at radius 1 is 1.41 bits per heavy atom. The van der Waals surface area contributed by atoms with E-state index in [0.29, 0.717) is 25.4 Å². The van der Waals surface area contributed by atoms with E-state index in [4.69, 9.17) is 9.47 Å². The zero-order valence-electron chi connectivity index (χ0n) is 12.6. The molecule has 1 aliphatic heterocycles. The van der Waals surface area contributed by atoms with E-state index in [0.717, 1.165) is 17.7 Å². The van der Waals surface area contributed by atoms with Crippen LogP contribution >= 0.6 is 0 Å². The SMILES string of the molecule is COc1cccc(CC2CN(C(=O)c3ccc[nH]3)CCO2)c1.